The van der Waals surface area contributed by atoms with Gasteiger partial charge < -0.3 is 18.6 Å². The fourth-order valence-electron chi connectivity index (χ4n) is 2.01. The minimum absolute atomic E-state index is 0.0214. The van der Waals surface area contributed by atoms with Gasteiger partial charge in [-0.1, -0.05) is 0 Å². The molecule has 0 amide bonds. The second-order valence-corrected chi connectivity index (χ2v) is 4.15. The van der Waals surface area contributed by atoms with Gasteiger partial charge in [0.15, 0.2) is 11.5 Å². The summed E-state index contributed by atoms with van der Waals surface area (Å²) in [6, 6.07) is 3.57. The molecule has 0 aliphatic rings. The summed E-state index contributed by atoms with van der Waals surface area (Å²) < 4.78 is 21.3. The van der Waals surface area contributed by atoms with Gasteiger partial charge in [0, 0.05) is 5.39 Å². The number of ketones is 1. The maximum atomic E-state index is 11.3. The molecule has 102 valence electrons. The molecule has 0 aliphatic heterocycles. The smallest absolute Gasteiger partial charge is 0.292 e. The summed E-state index contributed by atoms with van der Waals surface area (Å²) in [5.74, 6) is 2.13. The van der Waals surface area contributed by atoms with Crippen LogP contribution in [0.25, 0.3) is 10.8 Å². The lowest BCUT2D eigenvalue weighted by Crippen LogP contribution is -1.95. The largest absolute Gasteiger partial charge is 0.493 e. The van der Waals surface area contributed by atoms with Crippen molar-refractivity contribution < 1.29 is 23.4 Å². The van der Waals surface area contributed by atoms with Crippen molar-refractivity contribution in [1.29, 1.82) is 0 Å². The summed E-state index contributed by atoms with van der Waals surface area (Å²) in [6.07, 6.45) is 0.218. The summed E-state index contributed by atoms with van der Waals surface area (Å²) in [5.41, 5.74) is 0. The fraction of sp³-hybridized carbons (Fsp3) is 0.357. The second-order valence-electron chi connectivity index (χ2n) is 4.15. The zero-order valence-electron chi connectivity index (χ0n) is 11.4. The van der Waals surface area contributed by atoms with Crippen molar-refractivity contribution in [1.82, 2.24) is 0 Å². The molecule has 0 atom stereocenters. The molecule has 0 spiro atoms. The van der Waals surface area contributed by atoms with Crippen molar-refractivity contribution in [3.63, 3.8) is 0 Å². The lowest BCUT2D eigenvalue weighted by Gasteiger charge is -2.07. The minimum atomic E-state index is 0.0214. The summed E-state index contributed by atoms with van der Waals surface area (Å²) in [5, 5.41) is 1.56. The lowest BCUT2D eigenvalue weighted by atomic mass is 10.1. The van der Waals surface area contributed by atoms with E-state index < -0.39 is 0 Å². The van der Waals surface area contributed by atoms with E-state index in [0.29, 0.717) is 23.2 Å². The standard InChI is InChI=1S/C14H16O5/c1-8(15)5-11-9-6-12(16-2)13(17-3)7-10(9)14(18-4)19-11/h6-7H,5H2,1-4H3. The predicted octanol–water partition coefficient (Wildman–Crippen LogP) is 2.59. The third kappa shape index (κ3) is 2.36. The summed E-state index contributed by atoms with van der Waals surface area (Å²) in [4.78, 5) is 11.3. The van der Waals surface area contributed by atoms with E-state index >= 15 is 0 Å². The van der Waals surface area contributed by atoms with E-state index in [4.69, 9.17) is 18.6 Å². The number of carbonyl (C=O) groups is 1. The van der Waals surface area contributed by atoms with Crippen LogP contribution in [0.5, 0.6) is 17.4 Å². The highest BCUT2D eigenvalue weighted by Crippen LogP contribution is 2.40. The Kier molecular flexibility index (Phi) is 3.64. The van der Waals surface area contributed by atoms with Crippen molar-refractivity contribution in [2.45, 2.75) is 13.3 Å². The fourth-order valence-corrected chi connectivity index (χ4v) is 2.01. The highest BCUT2D eigenvalue weighted by molar-refractivity contribution is 5.94. The van der Waals surface area contributed by atoms with Crippen LogP contribution in [0.3, 0.4) is 0 Å². The normalized spacial score (nSPS) is 10.5. The Balaban J connectivity index is 2.68. The summed E-state index contributed by atoms with van der Waals surface area (Å²) >= 11 is 0. The summed E-state index contributed by atoms with van der Waals surface area (Å²) in [7, 11) is 4.64. The van der Waals surface area contributed by atoms with Crippen LogP contribution in [0, 0.1) is 0 Å². The quantitative estimate of drug-likeness (QED) is 0.830. The third-order valence-electron chi connectivity index (χ3n) is 2.85. The number of Topliss-reactive ketones (excluding diaryl/α,β-unsaturated/α-hetero) is 1. The molecule has 5 nitrogen and oxygen atoms in total. The predicted molar refractivity (Wildman–Crippen MR) is 70.3 cm³/mol. The highest BCUT2D eigenvalue weighted by atomic mass is 16.6. The van der Waals surface area contributed by atoms with Crippen molar-refractivity contribution in [3.8, 4) is 17.4 Å². The number of furan rings is 1. The van der Waals surface area contributed by atoms with Gasteiger partial charge in [-0.3, -0.25) is 4.79 Å². The van der Waals surface area contributed by atoms with Crippen molar-refractivity contribution in [2.24, 2.45) is 0 Å². The Morgan fingerprint density at radius 1 is 1.05 bits per heavy atom. The van der Waals surface area contributed by atoms with Crippen LogP contribution in [-0.4, -0.2) is 27.1 Å². The van der Waals surface area contributed by atoms with Crippen molar-refractivity contribution >= 4 is 16.6 Å². The molecule has 19 heavy (non-hydrogen) atoms. The Labute approximate surface area is 111 Å². The number of carbonyl (C=O) groups excluding carboxylic acids is 1. The van der Waals surface area contributed by atoms with Crippen LogP contribution in [0.4, 0.5) is 0 Å². The number of rotatable bonds is 5. The number of benzene rings is 1. The van der Waals surface area contributed by atoms with Crippen LogP contribution in [0.2, 0.25) is 0 Å². The van der Waals surface area contributed by atoms with Crippen molar-refractivity contribution in [3.05, 3.63) is 17.9 Å². The zero-order chi connectivity index (χ0) is 14.0. The first-order chi connectivity index (χ1) is 9.10. The first-order valence-corrected chi connectivity index (χ1v) is 5.81. The average Bonchev–Trinajstić information content (AvgIpc) is 2.73. The van der Waals surface area contributed by atoms with Crippen LogP contribution in [-0.2, 0) is 11.2 Å². The van der Waals surface area contributed by atoms with E-state index in [0.717, 1.165) is 10.8 Å². The Bertz CT molecular complexity index is 612. The molecule has 5 heteroatoms. The van der Waals surface area contributed by atoms with E-state index in [-0.39, 0.29) is 12.2 Å². The number of methoxy groups -OCH3 is 3. The molecule has 2 rings (SSSR count). The number of ether oxygens (including phenoxy) is 3. The van der Waals surface area contributed by atoms with Crippen molar-refractivity contribution in [2.75, 3.05) is 21.3 Å². The van der Waals surface area contributed by atoms with Crippen LogP contribution in [0.1, 0.15) is 12.7 Å². The first-order valence-electron chi connectivity index (χ1n) is 5.81. The number of hydrogen-bond acceptors (Lipinski definition) is 5. The molecule has 1 heterocycles. The Morgan fingerprint density at radius 3 is 2.11 bits per heavy atom. The molecule has 1 aromatic carbocycles. The molecule has 0 radical (unpaired) electrons. The van der Waals surface area contributed by atoms with Gasteiger partial charge in [0.2, 0.25) is 0 Å². The maximum Gasteiger partial charge on any atom is 0.292 e. The van der Waals surface area contributed by atoms with Gasteiger partial charge >= 0.3 is 0 Å². The van der Waals surface area contributed by atoms with E-state index in [1.165, 1.54) is 14.0 Å². The highest BCUT2D eigenvalue weighted by Gasteiger charge is 2.18. The van der Waals surface area contributed by atoms with Crippen LogP contribution >= 0.6 is 0 Å². The molecular weight excluding hydrogens is 248 g/mol. The number of fused-ring (bicyclic) bond motifs is 1. The topological polar surface area (TPSA) is 57.9 Å². The van der Waals surface area contributed by atoms with E-state index in [1.807, 2.05) is 0 Å². The molecule has 0 fully saturated rings. The molecule has 2 aromatic rings. The van der Waals surface area contributed by atoms with Gasteiger partial charge in [-0.25, -0.2) is 0 Å². The maximum absolute atomic E-state index is 11.3. The average molecular weight is 264 g/mol. The lowest BCUT2D eigenvalue weighted by molar-refractivity contribution is -0.116. The number of hydrogen-bond donors (Lipinski definition) is 0. The Hall–Kier alpha value is -2.17. The van der Waals surface area contributed by atoms with Gasteiger partial charge in [-0.2, -0.15) is 0 Å². The molecule has 0 aliphatic carbocycles. The van der Waals surface area contributed by atoms with Gasteiger partial charge in [-0.05, 0) is 19.1 Å². The van der Waals surface area contributed by atoms with E-state index in [9.17, 15) is 4.79 Å². The molecule has 0 saturated heterocycles. The second kappa shape index (κ2) is 5.22. The monoisotopic (exact) mass is 264 g/mol. The van der Waals surface area contributed by atoms with Gasteiger partial charge in [0.1, 0.15) is 11.5 Å². The molecule has 0 N–H and O–H groups in total. The summed E-state index contributed by atoms with van der Waals surface area (Å²) in [6.45, 7) is 1.52. The molecular formula is C14H16O5. The molecule has 0 saturated carbocycles. The molecule has 1 aromatic heterocycles. The minimum Gasteiger partial charge on any atom is -0.493 e. The molecule has 0 bridgehead atoms. The molecule has 0 unspecified atom stereocenters. The van der Waals surface area contributed by atoms with Gasteiger partial charge in [-0.15, -0.1) is 0 Å². The Morgan fingerprint density at radius 2 is 1.63 bits per heavy atom. The first kappa shape index (κ1) is 13.3. The van der Waals surface area contributed by atoms with E-state index in [1.54, 1.807) is 26.4 Å². The zero-order valence-corrected chi connectivity index (χ0v) is 11.4. The van der Waals surface area contributed by atoms with Gasteiger partial charge in [0.25, 0.3) is 5.95 Å². The SMILES string of the molecule is COc1cc2c(CC(C)=O)oc(OC)c2cc1OC. The van der Waals surface area contributed by atoms with Crippen LogP contribution < -0.4 is 14.2 Å². The van der Waals surface area contributed by atoms with Crippen LogP contribution in [0.15, 0.2) is 16.5 Å². The van der Waals surface area contributed by atoms with Gasteiger partial charge in [0.05, 0.1) is 33.1 Å². The van der Waals surface area contributed by atoms with E-state index in [2.05, 4.69) is 0 Å². The third-order valence-corrected chi connectivity index (χ3v) is 2.85.